The van der Waals surface area contributed by atoms with Gasteiger partial charge >= 0.3 is 0 Å². The summed E-state index contributed by atoms with van der Waals surface area (Å²) in [4.78, 5) is 15.1. The number of benzene rings is 5. The van der Waals surface area contributed by atoms with Gasteiger partial charge in [0.15, 0.2) is 11.6 Å². The second-order valence-corrected chi connectivity index (χ2v) is 11.7. The average Bonchev–Trinajstić information content (AvgIpc) is 3.56. The normalized spacial score (nSPS) is 12.2. The van der Waals surface area contributed by atoms with Crippen LogP contribution in [0.3, 0.4) is 0 Å². The predicted molar refractivity (Wildman–Crippen MR) is 171 cm³/mol. The molecule has 5 nitrogen and oxygen atoms in total. The molecule has 0 aliphatic heterocycles. The van der Waals surface area contributed by atoms with Crippen LogP contribution in [-0.4, -0.2) is 19.5 Å². The van der Waals surface area contributed by atoms with E-state index in [1.165, 1.54) is 10.8 Å². The minimum Gasteiger partial charge on any atom is -0.456 e. The molecule has 0 N–H and O–H groups in total. The Kier molecular flexibility index (Phi) is 5.32. The Morgan fingerprint density at radius 3 is 2.10 bits per heavy atom. The van der Waals surface area contributed by atoms with E-state index in [-0.39, 0.29) is 5.41 Å². The molecule has 0 saturated carbocycles. The van der Waals surface area contributed by atoms with Crippen molar-refractivity contribution in [1.82, 2.24) is 19.5 Å². The molecule has 0 atom stereocenters. The molecule has 0 aliphatic rings. The summed E-state index contributed by atoms with van der Waals surface area (Å²) in [5, 5.41) is 4.56. The fourth-order valence-electron chi connectivity index (χ4n) is 5.92. The van der Waals surface area contributed by atoms with Crippen LogP contribution in [0.1, 0.15) is 26.6 Å². The molecule has 3 aromatic heterocycles. The molecule has 0 radical (unpaired) electrons. The highest BCUT2D eigenvalue weighted by Gasteiger charge is 2.24. The zero-order valence-corrected chi connectivity index (χ0v) is 23.7. The van der Waals surface area contributed by atoms with Crippen LogP contribution in [0.4, 0.5) is 0 Å². The molecule has 202 valence electrons. The summed E-state index contributed by atoms with van der Waals surface area (Å²) in [6, 6.07) is 39.6. The van der Waals surface area contributed by atoms with E-state index in [9.17, 15) is 0 Å². The lowest BCUT2D eigenvalue weighted by atomic mass is 9.95. The molecule has 8 rings (SSSR count). The minimum absolute atomic E-state index is 0.259. The topological polar surface area (TPSA) is 56.7 Å². The first kappa shape index (κ1) is 24.5. The summed E-state index contributed by atoms with van der Waals surface area (Å²) in [6.45, 7) is 6.42. The molecule has 0 fully saturated rings. The number of rotatable bonds is 3. The molecule has 3 heterocycles. The van der Waals surface area contributed by atoms with Gasteiger partial charge in [0.25, 0.3) is 0 Å². The summed E-state index contributed by atoms with van der Waals surface area (Å²) in [6.07, 6.45) is 0. The van der Waals surface area contributed by atoms with Crippen LogP contribution < -0.4 is 0 Å². The second-order valence-electron chi connectivity index (χ2n) is 11.7. The summed E-state index contributed by atoms with van der Waals surface area (Å²) >= 11 is 0. The summed E-state index contributed by atoms with van der Waals surface area (Å²) in [5.74, 6) is 2.08. The zero-order valence-electron chi connectivity index (χ0n) is 23.7. The molecular formula is C37H28N4O. The van der Waals surface area contributed by atoms with Gasteiger partial charge in [0, 0.05) is 32.7 Å². The van der Waals surface area contributed by atoms with Crippen LogP contribution in [-0.2, 0) is 5.41 Å². The number of fused-ring (bicyclic) bond motifs is 7. The first-order chi connectivity index (χ1) is 20.5. The molecule has 8 aromatic rings. The fourth-order valence-corrected chi connectivity index (χ4v) is 5.92. The van der Waals surface area contributed by atoms with Gasteiger partial charge in [-0.1, -0.05) is 99.6 Å². The maximum Gasteiger partial charge on any atom is 0.165 e. The van der Waals surface area contributed by atoms with Crippen molar-refractivity contribution in [1.29, 1.82) is 0 Å². The van der Waals surface area contributed by atoms with Gasteiger partial charge in [0.05, 0.1) is 22.1 Å². The van der Waals surface area contributed by atoms with E-state index < -0.39 is 0 Å². The molecule has 5 aromatic carbocycles. The Hall–Kier alpha value is -5.29. The lowest BCUT2D eigenvalue weighted by Crippen LogP contribution is -2.18. The quantitative estimate of drug-likeness (QED) is 0.222. The standard InChI is InChI=1S/C37H28N4O/c1-37(2,3)36-39-34(23-13-5-4-6-14-23)38-35(40-36)26-16-8-11-19-29(26)41-28-18-10-7-15-24(28)25-21-22-31-32(33(25)41)27-17-9-12-20-30(27)42-31/h4-22H,1-3H3. The van der Waals surface area contributed by atoms with Gasteiger partial charge in [0.2, 0.25) is 0 Å². The Labute approximate surface area is 243 Å². The van der Waals surface area contributed by atoms with E-state index >= 15 is 0 Å². The van der Waals surface area contributed by atoms with Crippen molar-refractivity contribution in [2.45, 2.75) is 26.2 Å². The Bertz CT molecular complexity index is 2290. The molecule has 0 bridgehead atoms. The van der Waals surface area contributed by atoms with E-state index in [1.54, 1.807) is 0 Å². The molecule has 0 spiro atoms. The molecule has 42 heavy (non-hydrogen) atoms. The van der Waals surface area contributed by atoms with Gasteiger partial charge in [-0.25, -0.2) is 15.0 Å². The maximum atomic E-state index is 6.33. The van der Waals surface area contributed by atoms with Crippen LogP contribution in [0.2, 0.25) is 0 Å². The van der Waals surface area contributed by atoms with Gasteiger partial charge in [-0.3, -0.25) is 0 Å². The Morgan fingerprint density at radius 2 is 1.26 bits per heavy atom. The number of aromatic nitrogens is 4. The van der Waals surface area contributed by atoms with E-state index in [4.69, 9.17) is 19.4 Å². The minimum atomic E-state index is -0.259. The smallest absolute Gasteiger partial charge is 0.165 e. The van der Waals surface area contributed by atoms with Crippen molar-refractivity contribution >= 4 is 43.7 Å². The van der Waals surface area contributed by atoms with Crippen LogP contribution in [0.5, 0.6) is 0 Å². The Balaban J connectivity index is 1.49. The van der Waals surface area contributed by atoms with Crippen LogP contribution in [0.15, 0.2) is 120 Å². The highest BCUT2D eigenvalue weighted by atomic mass is 16.3. The summed E-state index contributed by atoms with van der Waals surface area (Å²) < 4.78 is 8.69. The molecule has 0 unspecified atom stereocenters. The van der Waals surface area contributed by atoms with Crippen molar-refractivity contribution in [3.8, 4) is 28.5 Å². The molecular weight excluding hydrogens is 516 g/mol. The third-order valence-electron chi connectivity index (χ3n) is 7.90. The van der Waals surface area contributed by atoms with Crippen molar-refractivity contribution in [2.24, 2.45) is 0 Å². The molecule has 5 heteroatoms. The number of hydrogen-bond acceptors (Lipinski definition) is 4. The maximum absolute atomic E-state index is 6.33. The van der Waals surface area contributed by atoms with Crippen molar-refractivity contribution < 1.29 is 4.42 Å². The summed E-state index contributed by atoms with van der Waals surface area (Å²) in [7, 11) is 0. The van der Waals surface area contributed by atoms with Gasteiger partial charge in [-0.15, -0.1) is 0 Å². The average molecular weight is 545 g/mol. The van der Waals surface area contributed by atoms with Gasteiger partial charge < -0.3 is 8.98 Å². The number of para-hydroxylation sites is 3. The van der Waals surface area contributed by atoms with Crippen LogP contribution >= 0.6 is 0 Å². The highest BCUT2D eigenvalue weighted by molar-refractivity contribution is 6.24. The van der Waals surface area contributed by atoms with Crippen LogP contribution in [0, 0.1) is 0 Å². The first-order valence-electron chi connectivity index (χ1n) is 14.2. The predicted octanol–water partition coefficient (Wildman–Crippen LogP) is 9.50. The van der Waals surface area contributed by atoms with Gasteiger partial charge in [0.1, 0.15) is 17.0 Å². The third kappa shape index (κ3) is 3.74. The highest BCUT2D eigenvalue weighted by Crippen LogP contribution is 2.42. The SMILES string of the molecule is CC(C)(C)c1nc(-c2ccccc2)nc(-c2ccccc2-n2c3ccccc3c3ccc4oc5ccccc5c4c32)n1. The van der Waals surface area contributed by atoms with Gasteiger partial charge in [-0.2, -0.15) is 0 Å². The van der Waals surface area contributed by atoms with Crippen LogP contribution in [0.25, 0.3) is 72.2 Å². The van der Waals surface area contributed by atoms with Crippen molar-refractivity contribution in [2.75, 3.05) is 0 Å². The van der Waals surface area contributed by atoms with E-state index in [1.807, 2.05) is 42.5 Å². The number of nitrogens with zero attached hydrogens (tertiary/aromatic N) is 4. The van der Waals surface area contributed by atoms with Crippen molar-refractivity contribution in [3.63, 3.8) is 0 Å². The second kappa shape index (κ2) is 9.11. The summed E-state index contributed by atoms with van der Waals surface area (Å²) in [5.41, 5.74) is 6.63. The van der Waals surface area contributed by atoms with Gasteiger partial charge in [-0.05, 0) is 36.4 Å². The molecule has 0 saturated heterocycles. The van der Waals surface area contributed by atoms with E-state index in [2.05, 4.69) is 98.1 Å². The first-order valence-corrected chi connectivity index (χ1v) is 14.2. The Morgan fingerprint density at radius 1 is 0.571 bits per heavy atom. The third-order valence-corrected chi connectivity index (χ3v) is 7.90. The van der Waals surface area contributed by atoms with Crippen molar-refractivity contribution in [3.05, 3.63) is 121 Å². The largest absolute Gasteiger partial charge is 0.456 e. The molecule has 0 aliphatic carbocycles. The lowest BCUT2D eigenvalue weighted by molar-refractivity contribution is 0.543. The van der Waals surface area contributed by atoms with E-state index in [0.29, 0.717) is 11.6 Å². The molecule has 0 amide bonds. The zero-order chi connectivity index (χ0) is 28.4. The fraction of sp³-hybridized carbons (Fsp3) is 0.108. The monoisotopic (exact) mass is 544 g/mol. The number of furan rings is 1. The number of hydrogen-bond donors (Lipinski definition) is 0. The van der Waals surface area contributed by atoms with E-state index in [0.717, 1.165) is 55.6 Å². The lowest BCUT2D eigenvalue weighted by Gasteiger charge is -2.19.